The standard InChI is InChI=1S/C23H27N3O7.C4H4O4/c1-25(2)12-5-6-13(27)15-10(12)7-9-8-11-17(26(3)4)19(29)16(22(24)32)21(31)23(11,33)20(30)14(9)18(15)28;5-3(6)1-2-4(7)8/h5-6,9,11,17,27,29-30,33H,7-8H2,1-4H3,(H2,24,32);1-2H,(H,5,6)(H,7,8)/t9-,11+,17-,23-;/m0./s1. The molecule has 0 bridgehead atoms. The van der Waals surface area contributed by atoms with Gasteiger partial charge in [0.25, 0.3) is 5.91 Å². The molecule has 4 rings (SSSR count). The number of amides is 1. The number of carboxylic acid groups (broad SMARTS) is 2. The van der Waals surface area contributed by atoms with Gasteiger partial charge in [-0.05, 0) is 50.6 Å². The van der Waals surface area contributed by atoms with E-state index in [0.29, 0.717) is 17.7 Å². The molecule has 1 aromatic rings. The highest BCUT2D eigenvalue weighted by atomic mass is 16.4. The molecule has 0 heterocycles. The SMILES string of the molecule is CN(C)c1ccc(O)c2c1C[C@H]1C[C@@H]3[C@H](N(C)C)C(O)=C(C(N)=O)C(=O)[C@@]3(O)C(O)=C1C2=O.O=C(O)C=CC(=O)O. The van der Waals surface area contributed by atoms with E-state index in [0.717, 1.165) is 5.69 Å². The minimum absolute atomic E-state index is 0.00184. The number of carbonyl (C=O) groups is 5. The van der Waals surface area contributed by atoms with Gasteiger partial charge in [-0.2, -0.15) is 0 Å². The summed E-state index contributed by atoms with van der Waals surface area (Å²) >= 11 is 0. The van der Waals surface area contributed by atoms with Crippen molar-refractivity contribution in [1.82, 2.24) is 4.90 Å². The van der Waals surface area contributed by atoms with Gasteiger partial charge >= 0.3 is 11.9 Å². The number of ketones is 2. The van der Waals surface area contributed by atoms with Crippen molar-refractivity contribution >= 4 is 35.1 Å². The average molecular weight is 574 g/mol. The summed E-state index contributed by atoms with van der Waals surface area (Å²) in [5, 5.41) is 59.5. The smallest absolute Gasteiger partial charge is 0.328 e. The van der Waals surface area contributed by atoms with Crippen molar-refractivity contribution in [1.29, 1.82) is 0 Å². The monoisotopic (exact) mass is 573 g/mol. The number of hydrogen-bond donors (Lipinski definition) is 7. The molecule has 220 valence electrons. The highest BCUT2D eigenvalue weighted by molar-refractivity contribution is 6.24. The van der Waals surface area contributed by atoms with Gasteiger partial charge in [0.15, 0.2) is 11.4 Å². The molecule has 14 heteroatoms. The third-order valence-electron chi connectivity index (χ3n) is 7.43. The number of aromatic hydroxyl groups is 1. The maximum absolute atomic E-state index is 13.5. The van der Waals surface area contributed by atoms with E-state index in [4.69, 9.17) is 15.9 Å². The number of fused-ring (bicyclic) bond motifs is 3. The molecule has 0 aromatic heterocycles. The van der Waals surface area contributed by atoms with E-state index in [9.17, 15) is 44.4 Å². The summed E-state index contributed by atoms with van der Waals surface area (Å²) in [6.07, 6.45) is 1.44. The second-order valence-corrected chi connectivity index (χ2v) is 10.3. The first-order valence-corrected chi connectivity index (χ1v) is 12.3. The molecule has 14 nitrogen and oxygen atoms in total. The highest BCUT2D eigenvalue weighted by Crippen LogP contribution is 2.52. The van der Waals surface area contributed by atoms with Gasteiger partial charge in [-0.15, -0.1) is 0 Å². The number of allylic oxidation sites excluding steroid dienone is 1. The average Bonchev–Trinajstić information content (AvgIpc) is 2.84. The largest absolute Gasteiger partial charge is 0.510 e. The van der Waals surface area contributed by atoms with E-state index in [1.165, 1.54) is 11.0 Å². The number of likely N-dealkylation sites (N-methyl/N-ethyl adjacent to an activating group) is 1. The second kappa shape index (κ2) is 11.1. The van der Waals surface area contributed by atoms with Crippen LogP contribution in [0.25, 0.3) is 0 Å². The van der Waals surface area contributed by atoms with Gasteiger partial charge in [0.2, 0.25) is 5.78 Å². The second-order valence-electron chi connectivity index (χ2n) is 10.3. The summed E-state index contributed by atoms with van der Waals surface area (Å²) in [6.45, 7) is 0. The zero-order valence-corrected chi connectivity index (χ0v) is 22.7. The number of aliphatic carboxylic acids is 2. The molecule has 1 amide bonds. The molecule has 3 aliphatic rings. The Balaban J connectivity index is 0.000000507. The zero-order chi connectivity index (χ0) is 31.1. The third kappa shape index (κ3) is 5.14. The van der Waals surface area contributed by atoms with Crippen molar-refractivity contribution < 1.29 is 54.6 Å². The van der Waals surface area contributed by atoms with Crippen molar-refractivity contribution in [2.45, 2.75) is 24.5 Å². The molecule has 8 N–H and O–H groups in total. The van der Waals surface area contributed by atoms with Crippen LogP contribution in [0.1, 0.15) is 22.3 Å². The molecule has 0 unspecified atom stereocenters. The molecule has 0 radical (unpaired) electrons. The first-order chi connectivity index (χ1) is 19.0. The molecular formula is C27H31N3O11. The van der Waals surface area contributed by atoms with Crippen molar-refractivity contribution in [3.05, 3.63) is 58.1 Å². The number of carboxylic acids is 2. The number of carbonyl (C=O) groups excluding carboxylic acids is 3. The van der Waals surface area contributed by atoms with Gasteiger partial charge < -0.3 is 41.3 Å². The summed E-state index contributed by atoms with van der Waals surface area (Å²) in [4.78, 5) is 61.1. The van der Waals surface area contributed by atoms with Crippen molar-refractivity contribution in [2.24, 2.45) is 17.6 Å². The van der Waals surface area contributed by atoms with Crippen molar-refractivity contribution in [3.8, 4) is 5.75 Å². The predicted octanol–water partition coefficient (Wildman–Crippen LogP) is -0.102. The lowest BCUT2D eigenvalue weighted by atomic mass is 9.58. The van der Waals surface area contributed by atoms with E-state index < -0.39 is 70.0 Å². The van der Waals surface area contributed by atoms with Crippen LogP contribution >= 0.6 is 0 Å². The predicted molar refractivity (Wildman–Crippen MR) is 142 cm³/mol. The lowest BCUT2D eigenvalue weighted by Crippen LogP contribution is -2.63. The number of phenolic OH excluding ortho intramolecular Hbond substituents is 1. The van der Waals surface area contributed by atoms with Crippen LogP contribution in [-0.4, -0.2) is 105 Å². The molecule has 4 atom stereocenters. The zero-order valence-electron chi connectivity index (χ0n) is 22.7. The number of aliphatic hydroxyl groups is 3. The number of Topliss-reactive ketones (excluding diaryl/α,β-unsaturated/α-hetero) is 2. The number of anilines is 1. The number of nitrogens with zero attached hydrogens (tertiary/aromatic N) is 2. The molecule has 0 aliphatic heterocycles. The van der Waals surface area contributed by atoms with Gasteiger partial charge in [0.1, 0.15) is 22.8 Å². The Kier molecular flexibility index (Phi) is 8.32. The van der Waals surface area contributed by atoms with Crippen LogP contribution in [0, 0.1) is 11.8 Å². The van der Waals surface area contributed by atoms with Crippen LogP contribution in [0.4, 0.5) is 5.69 Å². The number of rotatable bonds is 5. The first-order valence-electron chi connectivity index (χ1n) is 12.3. The highest BCUT2D eigenvalue weighted by Gasteiger charge is 2.63. The summed E-state index contributed by atoms with van der Waals surface area (Å²) < 4.78 is 0. The molecule has 0 saturated carbocycles. The van der Waals surface area contributed by atoms with Crippen LogP contribution in [0.5, 0.6) is 5.75 Å². The Morgan fingerprint density at radius 1 is 1.00 bits per heavy atom. The topological polar surface area (TPSA) is 239 Å². The molecular weight excluding hydrogens is 542 g/mol. The quantitative estimate of drug-likeness (QED) is 0.180. The van der Waals surface area contributed by atoms with E-state index in [1.54, 1.807) is 39.2 Å². The molecule has 0 saturated heterocycles. The van der Waals surface area contributed by atoms with Gasteiger partial charge in [0.05, 0.1) is 11.6 Å². The van der Waals surface area contributed by atoms with Crippen LogP contribution in [-0.2, 0) is 25.6 Å². The van der Waals surface area contributed by atoms with Crippen LogP contribution in [0.15, 0.2) is 46.9 Å². The fourth-order valence-corrected chi connectivity index (χ4v) is 5.80. The van der Waals surface area contributed by atoms with Crippen LogP contribution in [0.2, 0.25) is 0 Å². The van der Waals surface area contributed by atoms with Gasteiger partial charge in [-0.25, -0.2) is 9.59 Å². The summed E-state index contributed by atoms with van der Waals surface area (Å²) in [7, 11) is 6.79. The van der Waals surface area contributed by atoms with Crippen molar-refractivity contribution in [3.63, 3.8) is 0 Å². The third-order valence-corrected chi connectivity index (χ3v) is 7.43. The van der Waals surface area contributed by atoms with E-state index >= 15 is 0 Å². The summed E-state index contributed by atoms with van der Waals surface area (Å²) in [5.74, 6) is -9.05. The molecule has 3 aliphatic carbocycles. The summed E-state index contributed by atoms with van der Waals surface area (Å²) in [5.41, 5.74) is 3.02. The Bertz CT molecular complexity index is 1420. The lowest BCUT2D eigenvalue weighted by molar-refractivity contribution is -0.148. The normalized spacial score (nSPS) is 25.3. The maximum Gasteiger partial charge on any atom is 0.328 e. The van der Waals surface area contributed by atoms with Crippen LogP contribution < -0.4 is 10.6 Å². The number of aliphatic hydroxyl groups excluding tert-OH is 2. The maximum atomic E-state index is 13.5. The molecule has 41 heavy (non-hydrogen) atoms. The molecule has 0 fully saturated rings. The van der Waals surface area contributed by atoms with Gasteiger partial charge in [0, 0.05) is 43.4 Å². The Morgan fingerprint density at radius 3 is 2.02 bits per heavy atom. The van der Waals surface area contributed by atoms with E-state index in [2.05, 4.69) is 0 Å². The Hall–Kier alpha value is -4.69. The Labute approximate surface area is 233 Å². The minimum Gasteiger partial charge on any atom is -0.510 e. The Morgan fingerprint density at radius 2 is 1.56 bits per heavy atom. The van der Waals surface area contributed by atoms with Gasteiger partial charge in [-0.3, -0.25) is 19.3 Å². The van der Waals surface area contributed by atoms with Crippen LogP contribution in [0.3, 0.4) is 0 Å². The van der Waals surface area contributed by atoms with E-state index in [1.807, 2.05) is 0 Å². The molecule has 1 aromatic carbocycles. The minimum atomic E-state index is -2.63. The number of primary amides is 1. The summed E-state index contributed by atoms with van der Waals surface area (Å²) in [6, 6.07) is 2.06. The number of hydrogen-bond acceptors (Lipinski definition) is 11. The fraction of sp³-hybridized carbons (Fsp3) is 0.370. The first kappa shape index (κ1) is 30.8. The number of phenols is 1. The van der Waals surface area contributed by atoms with Crippen molar-refractivity contribution in [2.75, 3.05) is 33.1 Å². The fourth-order valence-electron chi connectivity index (χ4n) is 5.80. The van der Waals surface area contributed by atoms with E-state index in [-0.39, 0.29) is 29.7 Å². The lowest BCUT2D eigenvalue weighted by Gasteiger charge is -2.50. The number of nitrogens with two attached hydrogens (primary N) is 1. The number of benzene rings is 1. The molecule has 0 spiro atoms. The van der Waals surface area contributed by atoms with Gasteiger partial charge in [-0.1, -0.05) is 0 Å².